The summed E-state index contributed by atoms with van der Waals surface area (Å²) in [4.78, 5) is 33.7. The van der Waals surface area contributed by atoms with E-state index < -0.39 is 17.8 Å². The SMILES string of the molecule is N#Cc1cccc(C(=O)NCc2ccc(-c3nn([C@@H]4CCCN(C(=O)O)C4)c4ncnc(N)c34)cc2F)c1. The van der Waals surface area contributed by atoms with Crippen molar-refractivity contribution in [1.82, 2.24) is 30.0 Å². The number of piperidine rings is 1. The molecule has 192 valence electrons. The van der Waals surface area contributed by atoms with Crippen LogP contribution >= 0.6 is 0 Å². The topological polar surface area (TPSA) is 163 Å². The number of anilines is 1. The van der Waals surface area contributed by atoms with Gasteiger partial charge in [-0.1, -0.05) is 18.2 Å². The molecular weight excluding hydrogens is 491 g/mol. The van der Waals surface area contributed by atoms with Gasteiger partial charge < -0.3 is 21.1 Å². The molecule has 1 aliphatic rings. The number of halogens is 1. The second-order valence-electron chi connectivity index (χ2n) is 8.96. The van der Waals surface area contributed by atoms with E-state index in [1.165, 1.54) is 23.4 Å². The third-order valence-electron chi connectivity index (χ3n) is 6.55. The van der Waals surface area contributed by atoms with Gasteiger partial charge in [0.05, 0.1) is 23.1 Å². The van der Waals surface area contributed by atoms with E-state index in [-0.39, 0.29) is 30.5 Å². The van der Waals surface area contributed by atoms with Gasteiger partial charge >= 0.3 is 6.09 Å². The number of nitriles is 1. The van der Waals surface area contributed by atoms with Gasteiger partial charge in [-0.2, -0.15) is 10.4 Å². The number of amides is 2. The summed E-state index contributed by atoms with van der Waals surface area (Å²) < 4.78 is 16.8. The molecule has 2 aromatic carbocycles. The van der Waals surface area contributed by atoms with E-state index in [4.69, 9.17) is 16.1 Å². The van der Waals surface area contributed by atoms with Crippen LogP contribution in [-0.4, -0.2) is 54.8 Å². The molecule has 11 nitrogen and oxygen atoms in total. The molecule has 2 aromatic heterocycles. The molecule has 0 radical (unpaired) electrons. The predicted molar refractivity (Wildman–Crippen MR) is 135 cm³/mol. The summed E-state index contributed by atoms with van der Waals surface area (Å²) in [7, 11) is 0. The first-order valence-electron chi connectivity index (χ1n) is 11.9. The highest BCUT2D eigenvalue weighted by Crippen LogP contribution is 2.34. The molecule has 0 aliphatic carbocycles. The van der Waals surface area contributed by atoms with E-state index in [1.807, 2.05) is 6.07 Å². The minimum absolute atomic E-state index is 0.0603. The van der Waals surface area contributed by atoms with Crippen LogP contribution in [0, 0.1) is 17.1 Å². The zero-order valence-electron chi connectivity index (χ0n) is 20.1. The molecular formula is C26H23FN8O3. The Morgan fingerprint density at radius 1 is 1.24 bits per heavy atom. The van der Waals surface area contributed by atoms with Gasteiger partial charge in [0.25, 0.3) is 5.91 Å². The highest BCUT2D eigenvalue weighted by molar-refractivity contribution is 5.98. The molecule has 0 spiro atoms. The van der Waals surface area contributed by atoms with Crippen molar-refractivity contribution in [2.45, 2.75) is 25.4 Å². The number of nitrogen functional groups attached to an aromatic ring is 1. The zero-order chi connectivity index (χ0) is 26.8. The van der Waals surface area contributed by atoms with Crippen molar-refractivity contribution in [1.29, 1.82) is 5.26 Å². The molecule has 1 saturated heterocycles. The number of nitrogens with zero attached hydrogens (tertiary/aromatic N) is 6. The fourth-order valence-corrected chi connectivity index (χ4v) is 4.63. The summed E-state index contributed by atoms with van der Waals surface area (Å²) in [6.07, 6.45) is 1.69. The Morgan fingerprint density at radius 3 is 2.84 bits per heavy atom. The second kappa shape index (κ2) is 10.1. The molecule has 1 aliphatic heterocycles. The molecule has 1 fully saturated rings. The fourth-order valence-electron chi connectivity index (χ4n) is 4.63. The van der Waals surface area contributed by atoms with E-state index >= 15 is 4.39 Å². The molecule has 0 saturated carbocycles. The van der Waals surface area contributed by atoms with Crippen molar-refractivity contribution in [2.75, 3.05) is 18.8 Å². The van der Waals surface area contributed by atoms with Gasteiger partial charge in [0.15, 0.2) is 5.65 Å². The molecule has 3 heterocycles. The summed E-state index contributed by atoms with van der Waals surface area (Å²) in [6, 6.07) is 12.5. The molecule has 12 heteroatoms. The van der Waals surface area contributed by atoms with Crippen molar-refractivity contribution in [2.24, 2.45) is 0 Å². The van der Waals surface area contributed by atoms with Crippen LogP contribution in [0.1, 0.15) is 40.4 Å². The van der Waals surface area contributed by atoms with Crippen LogP contribution in [0.4, 0.5) is 15.0 Å². The quantitative estimate of drug-likeness (QED) is 0.365. The normalized spacial score (nSPS) is 15.3. The number of nitrogens with one attached hydrogen (secondary N) is 1. The van der Waals surface area contributed by atoms with Crippen LogP contribution in [0.2, 0.25) is 0 Å². The number of carboxylic acid groups (broad SMARTS) is 1. The largest absolute Gasteiger partial charge is 0.465 e. The van der Waals surface area contributed by atoms with Crippen molar-refractivity contribution in [3.05, 3.63) is 71.3 Å². The predicted octanol–water partition coefficient (Wildman–Crippen LogP) is 3.33. The Kier molecular flexibility index (Phi) is 6.57. The van der Waals surface area contributed by atoms with E-state index in [9.17, 15) is 14.7 Å². The monoisotopic (exact) mass is 514 g/mol. The first kappa shape index (κ1) is 24.6. The average Bonchev–Trinajstić information content (AvgIpc) is 3.33. The van der Waals surface area contributed by atoms with E-state index in [1.54, 1.807) is 35.0 Å². The van der Waals surface area contributed by atoms with Crippen LogP contribution in [0.25, 0.3) is 22.3 Å². The standard InChI is InChI=1S/C26H23FN8O3/c27-20-10-16(6-7-18(20)12-30-25(36)17-4-1-3-15(9-17)11-28)22-21-23(29)31-14-32-24(21)35(33-22)19-5-2-8-34(13-19)26(37)38/h1,3-4,6-7,9-10,14,19H,2,5,8,12-13H2,(H,30,36)(H,37,38)(H2,29,31,32)/t19-/m1/s1. The number of rotatable bonds is 5. The minimum Gasteiger partial charge on any atom is -0.465 e. The van der Waals surface area contributed by atoms with Crippen molar-refractivity contribution in [3.8, 4) is 17.3 Å². The fraction of sp³-hybridized carbons (Fsp3) is 0.231. The summed E-state index contributed by atoms with van der Waals surface area (Å²) >= 11 is 0. The van der Waals surface area contributed by atoms with Crippen molar-refractivity contribution in [3.63, 3.8) is 0 Å². The number of aromatic nitrogens is 4. The van der Waals surface area contributed by atoms with Crippen LogP contribution in [0.15, 0.2) is 48.8 Å². The Hall–Kier alpha value is -5.05. The lowest BCUT2D eigenvalue weighted by atomic mass is 10.1. The van der Waals surface area contributed by atoms with Gasteiger partial charge in [-0.3, -0.25) is 4.79 Å². The van der Waals surface area contributed by atoms with Crippen LogP contribution in [0.3, 0.4) is 0 Å². The number of benzene rings is 2. The summed E-state index contributed by atoms with van der Waals surface area (Å²) in [5, 5.41) is 26.3. The number of carbonyl (C=O) groups excluding carboxylic acids is 1. The molecule has 0 bridgehead atoms. The lowest BCUT2D eigenvalue weighted by molar-refractivity contribution is 0.0950. The third kappa shape index (κ3) is 4.69. The number of hydrogen-bond donors (Lipinski definition) is 3. The Morgan fingerprint density at radius 2 is 2.08 bits per heavy atom. The van der Waals surface area contributed by atoms with Crippen LogP contribution in [0.5, 0.6) is 0 Å². The molecule has 0 unspecified atom stereocenters. The van der Waals surface area contributed by atoms with Crippen molar-refractivity contribution >= 4 is 28.9 Å². The highest BCUT2D eigenvalue weighted by atomic mass is 19.1. The Balaban J connectivity index is 1.42. The van der Waals surface area contributed by atoms with E-state index in [2.05, 4.69) is 15.3 Å². The maximum Gasteiger partial charge on any atom is 0.407 e. The molecule has 5 rings (SSSR count). The first-order chi connectivity index (χ1) is 18.4. The van der Waals surface area contributed by atoms with E-state index in [0.717, 1.165) is 0 Å². The molecule has 2 amide bonds. The average molecular weight is 515 g/mol. The third-order valence-corrected chi connectivity index (χ3v) is 6.55. The molecule has 1 atom stereocenters. The summed E-state index contributed by atoms with van der Waals surface area (Å²) in [6.45, 7) is 0.636. The van der Waals surface area contributed by atoms with Gasteiger partial charge in [0.2, 0.25) is 0 Å². The van der Waals surface area contributed by atoms with Crippen LogP contribution < -0.4 is 11.1 Å². The Bertz CT molecular complexity index is 1600. The van der Waals surface area contributed by atoms with Crippen molar-refractivity contribution < 1.29 is 19.1 Å². The van der Waals surface area contributed by atoms with Gasteiger partial charge in [-0.25, -0.2) is 23.8 Å². The van der Waals surface area contributed by atoms with Crippen LogP contribution in [-0.2, 0) is 6.54 Å². The molecule has 38 heavy (non-hydrogen) atoms. The number of hydrogen-bond acceptors (Lipinski definition) is 7. The minimum atomic E-state index is -0.997. The first-order valence-corrected chi connectivity index (χ1v) is 11.9. The molecule has 4 aromatic rings. The number of nitrogens with two attached hydrogens (primary N) is 1. The number of carbonyl (C=O) groups is 2. The maximum absolute atomic E-state index is 15.1. The van der Waals surface area contributed by atoms with Gasteiger partial charge in [-0.05, 0) is 37.1 Å². The second-order valence-corrected chi connectivity index (χ2v) is 8.96. The van der Waals surface area contributed by atoms with Gasteiger partial charge in [-0.15, -0.1) is 0 Å². The lowest BCUT2D eigenvalue weighted by Crippen LogP contribution is -2.40. The Labute approximate surface area is 216 Å². The smallest absolute Gasteiger partial charge is 0.407 e. The lowest BCUT2D eigenvalue weighted by Gasteiger charge is -2.30. The maximum atomic E-state index is 15.1. The highest BCUT2D eigenvalue weighted by Gasteiger charge is 2.28. The molecule has 4 N–H and O–H groups in total. The van der Waals surface area contributed by atoms with Gasteiger partial charge in [0, 0.05) is 36.3 Å². The summed E-state index contributed by atoms with van der Waals surface area (Å²) in [5.74, 6) is -0.803. The zero-order valence-corrected chi connectivity index (χ0v) is 20.1. The van der Waals surface area contributed by atoms with Gasteiger partial charge in [0.1, 0.15) is 23.7 Å². The summed E-state index contributed by atoms with van der Waals surface area (Å²) in [5.41, 5.74) is 8.35. The number of likely N-dealkylation sites (tertiary alicyclic amines) is 1. The number of fused-ring (bicyclic) bond motifs is 1. The van der Waals surface area contributed by atoms with E-state index in [0.29, 0.717) is 52.8 Å².